The Labute approximate surface area is 220 Å². The first-order valence-corrected chi connectivity index (χ1v) is 12.7. The van der Waals surface area contributed by atoms with E-state index >= 15 is 0 Å². The molecule has 1 aliphatic heterocycles. The summed E-state index contributed by atoms with van der Waals surface area (Å²) in [6.45, 7) is 7.43. The summed E-state index contributed by atoms with van der Waals surface area (Å²) in [6, 6.07) is 7.57. The van der Waals surface area contributed by atoms with Gasteiger partial charge in [-0.2, -0.15) is 10.2 Å². The quantitative estimate of drug-likeness (QED) is 0.515. The van der Waals surface area contributed by atoms with Crippen LogP contribution < -0.4 is 11.5 Å². The first-order chi connectivity index (χ1) is 17.4. The Balaban J connectivity index is 1.32. The van der Waals surface area contributed by atoms with Crippen molar-refractivity contribution in [1.82, 2.24) is 24.5 Å². The molecule has 0 unspecified atom stereocenters. The molecule has 1 saturated heterocycles. The number of likely N-dealkylation sites (tertiary alicyclic amines) is 1. The molecule has 0 atom stereocenters. The molecule has 2 aliphatic rings. The average molecular weight is 526 g/mol. The van der Waals surface area contributed by atoms with Gasteiger partial charge in [0, 0.05) is 29.9 Å². The number of hydrogen-bond donors (Lipinski definition) is 2. The summed E-state index contributed by atoms with van der Waals surface area (Å²) in [5.74, 6) is -0.376. The minimum atomic E-state index is -0.632. The topological polar surface area (TPSA) is 134 Å². The average Bonchev–Trinajstić information content (AvgIpc) is 3.48. The van der Waals surface area contributed by atoms with Crippen LogP contribution in [0.3, 0.4) is 0 Å². The molecule has 1 aliphatic carbocycles. The van der Waals surface area contributed by atoms with Crippen LogP contribution in [0.2, 0.25) is 5.02 Å². The van der Waals surface area contributed by atoms with E-state index in [4.69, 9.17) is 32.9 Å². The van der Waals surface area contributed by atoms with Crippen LogP contribution >= 0.6 is 11.6 Å². The zero-order valence-electron chi connectivity index (χ0n) is 21.3. The second kappa shape index (κ2) is 9.09. The van der Waals surface area contributed by atoms with Crippen molar-refractivity contribution in [2.24, 2.45) is 11.1 Å². The van der Waals surface area contributed by atoms with Gasteiger partial charge in [0.05, 0.1) is 18.8 Å². The maximum absolute atomic E-state index is 12.5. The van der Waals surface area contributed by atoms with Gasteiger partial charge in [-0.15, -0.1) is 0 Å². The van der Waals surface area contributed by atoms with Crippen molar-refractivity contribution in [3.63, 3.8) is 0 Å². The van der Waals surface area contributed by atoms with Crippen LogP contribution in [-0.2, 0) is 11.3 Å². The van der Waals surface area contributed by atoms with E-state index in [2.05, 4.69) is 5.10 Å². The molecule has 1 spiro atoms. The number of hydrogen-bond acceptors (Lipinski definition) is 6. The van der Waals surface area contributed by atoms with Crippen molar-refractivity contribution in [1.29, 1.82) is 0 Å². The molecule has 0 bridgehead atoms. The SMILES string of the molecule is CC(C)(C)OC(=O)N1CCC2(CC(n3nc(-c4cnn(Cc5cccc(Cl)c5)c4)c(C(N)=O)c3N)C2)C1. The highest BCUT2D eigenvalue weighted by Crippen LogP contribution is 2.55. The molecule has 11 heteroatoms. The molecule has 5 rings (SSSR count). The number of rotatable bonds is 5. The summed E-state index contributed by atoms with van der Waals surface area (Å²) in [5, 5.41) is 9.81. The van der Waals surface area contributed by atoms with Gasteiger partial charge in [0.1, 0.15) is 22.7 Å². The monoisotopic (exact) mass is 525 g/mol. The standard InChI is InChI=1S/C26H32ClN7O3/c1-25(2,3)37-24(36)32-8-7-26(15-32)10-19(11-26)34-22(28)20(23(29)35)21(31-34)17-12-30-33(14-17)13-16-5-4-6-18(27)9-16/h4-6,9,12,14,19H,7-8,10-11,13,15,28H2,1-3H3,(H2,29,35). The molecule has 2 fully saturated rings. The number of benzene rings is 1. The number of aromatic nitrogens is 4. The van der Waals surface area contributed by atoms with E-state index in [-0.39, 0.29) is 28.9 Å². The van der Waals surface area contributed by atoms with Gasteiger partial charge in [-0.05, 0) is 63.1 Å². The van der Waals surface area contributed by atoms with E-state index < -0.39 is 11.5 Å². The third kappa shape index (κ3) is 5.02. The van der Waals surface area contributed by atoms with E-state index in [0.717, 1.165) is 24.8 Å². The van der Waals surface area contributed by atoms with Gasteiger partial charge < -0.3 is 21.1 Å². The van der Waals surface area contributed by atoms with Gasteiger partial charge in [-0.25, -0.2) is 9.48 Å². The molecule has 1 saturated carbocycles. The van der Waals surface area contributed by atoms with Crippen molar-refractivity contribution in [3.8, 4) is 11.3 Å². The van der Waals surface area contributed by atoms with E-state index in [1.165, 1.54) is 0 Å². The van der Waals surface area contributed by atoms with E-state index in [9.17, 15) is 9.59 Å². The molecule has 196 valence electrons. The first kappa shape index (κ1) is 25.1. The van der Waals surface area contributed by atoms with Crippen molar-refractivity contribution in [2.75, 3.05) is 18.8 Å². The minimum Gasteiger partial charge on any atom is -0.444 e. The van der Waals surface area contributed by atoms with Crippen molar-refractivity contribution in [2.45, 2.75) is 58.2 Å². The third-order valence-electron chi connectivity index (χ3n) is 7.11. The number of ether oxygens (including phenoxy) is 1. The molecule has 3 heterocycles. The predicted molar refractivity (Wildman–Crippen MR) is 140 cm³/mol. The smallest absolute Gasteiger partial charge is 0.410 e. The lowest BCUT2D eigenvalue weighted by Gasteiger charge is -2.45. The van der Waals surface area contributed by atoms with Gasteiger partial charge in [0.2, 0.25) is 0 Å². The fourth-order valence-electron chi connectivity index (χ4n) is 5.43. The van der Waals surface area contributed by atoms with E-state index in [0.29, 0.717) is 35.9 Å². The molecule has 3 aromatic rings. The van der Waals surface area contributed by atoms with Gasteiger partial charge in [-0.3, -0.25) is 9.48 Å². The lowest BCUT2D eigenvalue weighted by Crippen LogP contribution is -2.43. The molecule has 4 N–H and O–H groups in total. The molecule has 37 heavy (non-hydrogen) atoms. The van der Waals surface area contributed by atoms with Crippen LogP contribution in [0, 0.1) is 5.41 Å². The number of primary amides is 1. The summed E-state index contributed by atoms with van der Waals surface area (Å²) >= 11 is 6.10. The Morgan fingerprint density at radius 2 is 2.03 bits per heavy atom. The Bertz CT molecular complexity index is 1350. The van der Waals surface area contributed by atoms with Gasteiger partial charge in [0.15, 0.2) is 0 Å². The van der Waals surface area contributed by atoms with Crippen molar-refractivity contribution < 1.29 is 14.3 Å². The Hall–Kier alpha value is -3.53. The number of nitrogens with two attached hydrogens (primary N) is 2. The zero-order valence-corrected chi connectivity index (χ0v) is 22.0. The fraction of sp³-hybridized carbons (Fsp3) is 0.462. The molecule has 1 aromatic carbocycles. The van der Waals surface area contributed by atoms with Crippen LogP contribution in [0.25, 0.3) is 11.3 Å². The van der Waals surface area contributed by atoms with Gasteiger partial charge in [0.25, 0.3) is 5.91 Å². The van der Waals surface area contributed by atoms with E-state index in [1.807, 2.05) is 51.2 Å². The molecule has 0 radical (unpaired) electrons. The van der Waals surface area contributed by atoms with Crippen LogP contribution in [0.15, 0.2) is 36.7 Å². The second-order valence-electron chi connectivity index (χ2n) is 11.2. The van der Waals surface area contributed by atoms with Crippen LogP contribution in [0.5, 0.6) is 0 Å². The Morgan fingerprint density at radius 1 is 1.27 bits per heavy atom. The summed E-state index contributed by atoms with van der Waals surface area (Å²) in [4.78, 5) is 26.7. The van der Waals surface area contributed by atoms with Crippen LogP contribution in [0.4, 0.5) is 10.6 Å². The highest BCUT2D eigenvalue weighted by molar-refractivity contribution is 6.30. The van der Waals surface area contributed by atoms with Crippen LogP contribution in [0.1, 0.15) is 62.0 Å². The number of carbonyl (C=O) groups excluding carboxylic acids is 2. The molecule has 2 amide bonds. The fourth-order valence-corrected chi connectivity index (χ4v) is 5.64. The number of carbonyl (C=O) groups is 2. The summed E-state index contributed by atoms with van der Waals surface area (Å²) < 4.78 is 9.00. The lowest BCUT2D eigenvalue weighted by atomic mass is 9.65. The first-order valence-electron chi connectivity index (χ1n) is 12.4. The number of anilines is 1. The van der Waals surface area contributed by atoms with Crippen molar-refractivity contribution in [3.05, 3.63) is 52.8 Å². The number of amides is 2. The minimum absolute atomic E-state index is 0.00878. The molecule has 10 nitrogen and oxygen atoms in total. The highest BCUT2D eigenvalue weighted by Gasteiger charge is 2.51. The highest BCUT2D eigenvalue weighted by atomic mass is 35.5. The lowest BCUT2D eigenvalue weighted by molar-refractivity contribution is 0.0187. The molecule has 2 aromatic heterocycles. The van der Waals surface area contributed by atoms with Gasteiger partial charge in [-0.1, -0.05) is 23.7 Å². The summed E-state index contributed by atoms with van der Waals surface area (Å²) in [6.07, 6.45) is 5.71. The van der Waals surface area contributed by atoms with Gasteiger partial charge >= 0.3 is 6.09 Å². The molecular formula is C26H32ClN7O3. The Kier molecular flexibility index (Phi) is 6.18. The maximum atomic E-state index is 12.5. The summed E-state index contributed by atoms with van der Waals surface area (Å²) in [5.41, 5.74) is 13.9. The van der Waals surface area contributed by atoms with E-state index in [1.54, 1.807) is 20.5 Å². The third-order valence-corrected chi connectivity index (χ3v) is 7.34. The Morgan fingerprint density at radius 3 is 2.70 bits per heavy atom. The zero-order chi connectivity index (χ0) is 26.5. The number of nitrogen functional groups attached to an aromatic ring is 1. The second-order valence-corrected chi connectivity index (χ2v) is 11.6. The number of nitrogens with zero attached hydrogens (tertiary/aromatic N) is 5. The normalized spacial score (nSPS) is 21.3. The van der Waals surface area contributed by atoms with Crippen molar-refractivity contribution >= 4 is 29.4 Å². The predicted octanol–water partition coefficient (Wildman–Crippen LogP) is 4.09. The number of halogens is 1. The molecular weight excluding hydrogens is 494 g/mol. The van der Waals surface area contributed by atoms with Crippen LogP contribution in [-0.4, -0.2) is 55.2 Å². The summed E-state index contributed by atoms with van der Waals surface area (Å²) in [7, 11) is 0. The maximum Gasteiger partial charge on any atom is 0.410 e. The largest absolute Gasteiger partial charge is 0.444 e.